The predicted molar refractivity (Wildman–Crippen MR) is 290 cm³/mol. The minimum Gasteiger partial charge on any atom is -0.480 e. The van der Waals surface area contributed by atoms with Crippen LogP contribution in [-0.4, -0.2) is 185 Å². The third-order valence-corrected chi connectivity index (χ3v) is 14.8. The van der Waals surface area contributed by atoms with Crippen LogP contribution in [0, 0.1) is 0 Å². The molecule has 2 aliphatic rings. The molecule has 4 bridgehead atoms. The van der Waals surface area contributed by atoms with Crippen molar-refractivity contribution < 1.29 is 103 Å². The van der Waals surface area contributed by atoms with Crippen LogP contribution in [-0.2, 0) is 65.5 Å². The van der Waals surface area contributed by atoms with E-state index in [0.717, 1.165) is 75.2 Å². The molecule has 82 heavy (non-hydrogen) atoms. The summed E-state index contributed by atoms with van der Waals surface area (Å²) in [4.78, 5) is 96.4. The highest BCUT2D eigenvalue weighted by atomic mass is 32.3. The number of aliphatic carboxylic acids is 1. The molecule has 28 nitrogen and oxygen atoms in total. The third kappa shape index (κ3) is 20.3. The van der Waals surface area contributed by atoms with Gasteiger partial charge in [-0.25, -0.2) is 4.79 Å². The van der Waals surface area contributed by atoms with E-state index in [1.54, 1.807) is 0 Å². The summed E-state index contributed by atoms with van der Waals surface area (Å²) in [5, 5.41) is 61.6. The maximum atomic E-state index is 14.5. The van der Waals surface area contributed by atoms with Crippen molar-refractivity contribution in [2.24, 2.45) is 0 Å². The van der Waals surface area contributed by atoms with Gasteiger partial charge in [-0.05, 0) is 62.6 Å². The molecule has 10 atom stereocenters. The molecule has 0 saturated carbocycles. The van der Waals surface area contributed by atoms with Gasteiger partial charge in [0.2, 0.25) is 41.7 Å². The van der Waals surface area contributed by atoms with Crippen molar-refractivity contribution in [3.8, 4) is 28.4 Å². The molecule has 2 aromatic rings. The Hall–Kier alpha value is -6.25. The lowest BCUT2D eigenvalue weighted by Gasteiger charge is -2.39. The van der Waals surface area contributed by atoms with Crippen LogP contribution in [0.15, 0.2) is 30.3 Å². The van der Waals surface area contributed by atoms with E-state index in [0.29, 0.717) is 17.4 Å². The highest BCUT2D eigenvalue weighted by Gasteiger charge is 2.45. The first-order chi connectivity index (χ1) is 38.5. The number of carboxylic acid groups (broad SMARTS) is 1. The van der Waals surface area contributed by atoms with Gasteiger partial charge < -0.3 is 74.4 Å². The second-order valence-corrected chi connectivity index (χ2v) is 22.5. The normalized spacial score (nSPS) is 22.0. The van der Waals surface area contributed by atoms with E-state index in [-0.39, 0.29) is 12.0 Å². The number of aliphatic hydroxyl groups excluding tert-OH is 4. The SMILES string of the molecule is CCCCCCCCCCCCCCCC(=O)N(C)[C@H](CO)C(=O)N[C@H](C)C(=O)NCC(=O)N(C)[C@@H]1C(=O)N[C@@H](C)C(=O)N[C@H](C(=O)O)Cc2ccc(OS(=O)(=O)O)c(c2)-c2cc1cc(OS(=O)(=O)O)c2O[C@@H]1O[C@@H](C)[C@H](O)[C@@H](O)[C@H]1O. The fourth-order valence-corrected chi connectivity index (χ4v) is 9.96. The van der Waals surface area contributed by atoms with Gasteiger partial charge in [0.1, 0.15) is 48.5 Å². The number of unbranched alkanes of at least 4 members (excludes halogenated alkanes) is 12. The summed E-state index contributed by atoms with van der Waals surface area (Å²) in [7, 11) is -8.83. The summed E-state index contributed by atoms with van der Waals surface area (Å²) in [6.45, 7) is 4.04. The summed E-state index contributed by atoms with van der Waals surface area (Å²) in [5.74, 6) is -10.3. The van der Waals surface area contributed by atoms with E-state index in [9.17, 15) is 85.0 Å². The van der Waals surface area contributed by atoms with Gasteiger partial charge >= 0.3 is 26.8 Å². The summed E-state index contributed by atoms with van der Waals surface area (Å²) >= 11 is 0. The molecule has 4 rings (SSSR count). The number of aliphatic hydroxyl groups is 4. The maximum absolute atomic E-state index is 14.5. The van der Waals surface area contributed by atoms with E-state index in [2.05, 4.69) is 28.2 Å². The van der Waals surface area contributed by atoms with Crippen molar-refractivity contribution in [1.29, 1.82) is 0 Å². The smallest absolute Gasteiger partial charge is 0.446 e. The predicted octanol–water partition coefficient (Wildman–Crippen LogP) is 0.974. The average Bonchev–Trinajstić information content (AvgIpc) is 3.00. The first-order valence-corrected chi connectivity index (χ1v) is 29.8. The number of ether oxygens (including phenoxy) is 2. The molecular formula is C52H78N6O22S2. The molecule has 0 unspecified atom stereocenters. The van der Waals surface area contributed by atoms with Crippen LogP contribution in [0.2, 0.25) is 0 Å². The maximum Gasteiger partial charge on any atom is 0.446 e. The quantitative estimate of drug-likeness (QED) is 0.0399. The monoisotopic (exact) mass is 1200 g/mol. The van der Waals surface area contributed by atoms with Crippen LogP contribution < -0.4 is 34.4 Å². The van der Waals surface area contributed by atoms with Crippen LogP contribution >= 0.6 is 0 Å². The number of rotatable bonds is 29. The van der Waals surface area contributed by atoms with Crippen molar-refractivity contribution in [3.05, 3.63) is 41.5 Å². The van der Waals surface area contributed by atoms with Gasteiger partial charge in [-0.15, -0.1) is 0 Å². The second-order valence-electron chi connectivity index (χ2n) is 20.4. The Bertz CT molecular complexity index is 2790. The van der Waals surface area contributed by atoms with Crippen molar-refractivity contribution in [1.82, 2.24) is 31.1 Å². The fraction of sp³-hybridized carbons (Fsp3) is 0.635. The van der Waals surface area contributed by atoms with Gasteiger partial charge in [0.05, 0.1) is 19.3 Å². The number of fused-ring (bicyclic) bond motifs is 5. The Morgan fingerprint density at radius 2 is 1.32 bits per heavy atom. The molecule has 2 heterocycles. The van der Waals surface area contributed by atoms with Gasteiger partial charge in [-0.2, -0.15) is 16.8 Å². The molecule has 6 amide bonds. The highest BCUT2D eigenvalue weighted by molar-refractivity contribution is 7.81. The zero-order valence-corrected chi connectivity index (χ0v) is 48.3. The molecule has 0 radical (unpaired) electrons. The minimum absolute atomic E-state index is 0.0496. The zero-order valence-electron chi connectivity index (χ0n) is 46.6. The Kier molecular flexibility index (Phi) is 26.2. The van der Waals surface area contributed by atoms with Gasteiger partial charge in [0.25, 0.3) is 0 Å². The zero-order chi connectivity index (χ0) is 61.2. The van der Waals surface area contributed by atoms with E-state index < -0.39 is 177 Å². The molecule has 2 aliphatic heterocycles. The first kappa shape index (κ1) is 68.3. The highest BCUT2D eigenvalue weighted by Crippen LogP contribution is 2.47. The van der Waals surface area contributed by atoms with Crippen LogP contribution in [0.4, 0.5) is 0 Å². The summed E-state index contributed by atoms with van der Waals surface area (Å²) in [5.41, 5.74) is -1.82. The van der Waals surface area contributed by atoms with Crippen LogP contribution in [0.1, 0.15) is 135 Å². The Morgan fingerprint density at radius 3 is 1.88 bits per heavy atom. The Labute approximate surface area is 476 Å². The lowest BCUT2D eigenvalue weighted by Crippen LogP contribution is -2.58. The molecule has 0 spiro atoms. The molecule has 2 aromatic carbocycles. The number of likely N-dealkylation sites (N-methyl/N-ethyl adjacent to an activating group) is 2. The number of carboxylic acids is 1. The summed E-state index contributed by atoms with van der Waals surface area (Å²) < 4.78 is 91.0. The fourth-order valence-electron chi connectivity index (χ4n) is 9.23. The summed E-state index contributed by atoms with van der Waals surface area (Å²) in [6.07, 6.45) is 4.61. The molecule has 1 saturated heterocycles. The molecule has 30 heteroatoms. The van der Waals surface area contributed by atoms with Crippen LogP contribution in [0.5, 0.6) is 17.2 Å². The van der Waals surface area contributed by atoms with E-state index in [4.69, 9.17) is 17.8 Å². The number of amides is 6. The van der Waals surface area contributed by atoms with Crippen molar-refractivity contribution in [3.63, 3.8) is 0 Å². The molecule has 0 aromatic heterocycles. The van der Waals surface area contributed by atoms with Gasteiger partial charge in [-0.1, -0.05) is 90.0 Å². The number of hydrogen-bond donors (Lipinski definition) is 11. The lowest BCUT2D eigenvalue weighted by molar-refractivity contribution is -0.268. The largest absolute Gasteiger partial charge is 0.480 e. The lowest BCUT2D eigenvalue weighted by atomic mass is 9.93. The molecular weight excluding hydrogens is 1120 g/mol. The first-order valence-electron chi connectivity index (χ1n) is 27.0. The Morgan fingerprint density at radius 1 is 0.744 bits per heavy atom. The number of carbonyl (C=O) groups is 7. The van der Waals surface area contributed by atoms with E-state index in [1.165, 1.54) is 65.8 Å². The standard InChI is InChI=1S/C52H78N6O22S2/c1-7-8-9-10-11-12-13-14-15-16-17-18-19-20-40(60)57(5)37(28-59)49(67)54-29(2)47(65)53-27-41(61)58(6)42-33-25-35(46(39(26-33)80-82(74,75)76)78-52-45(64)44(63)43(62)31(4)77-52)34-23-32(21-22-38(34)79-81(71,72)73)24-36(51(69)70)56-48(66)30(3)55-50(42)68/h21-23,25-26,29-31,36-37,42-45,52,59,62-64H,7-20,24,27-28H2,1-6H3,(H,53,65)(H,54,67)(H,55,68)(H,56,66)(H,69,70)(H,71,72,73)(H,74,75,76)/t29-,30+,31+,36+,37-,42+,43+,44-,45-,52+/m1/s1. The minimum atomic E-state index is -5.69. The number of carbonyl (C=O) groups excluding carboxylic acids is 6. The van der Waals surface area contributed by atoms with Crippen molar-refractivity contribution >= 4 is 62.2 Å². The van der Waals surface area contributed by atoms with E-state index in [1.807, 2.05) is 0 Å². The number of hydrogen-bond acceptors (Lipinski definition) is 19. The second kappa shape index (κ2) is 31.4. The van der Waals surface area contributed by atoms with Gasteiger partial charge in [0.15, 0.2) is 17.2 Å². The van der Waals surface area contributed by atoms with Crippen molar-refractivity contribution in [2.75, 3.05) is 27.2 Å². The van der Waals surface area contributed by atoms with Crippen LogP contribution in [0.25, 0.3) is 11.1 Å². The molecule has 0 aliphatic carbocycles. The summed E-state index contributed by atoms with van der Waals surface area (Å²) in [6, 6.07) is -3.67. The molecule has 460 valence electrons. The number of nitrogens with zero attached hydrogens (tertiary/aromatic N) is 2. The van der Waals surface area contributed by atoms with Gasteiger partial charge in [0, 0.05) is 38.1 Å². The van der Waals surface area contributed by atoms with E-state index >= 15 is 0 Å². The Balaban J connectivity index is 1.65. The van der Waals surface area contributed by atoms with Crippen molar-refractivity contribution in [2.45, 2.75) is 185 Å². The van der Waals surface area contributed by atoms with Gasteiger partial charge in [-0.3, -0.25) is 37.9 Å². The molecule has 11 N–H and O–H groups in total. The third-order valence-electron chi connectivity index (χ3n) is 14.0. The number of nitrogens with one attached hydrogen (secondary N) is 4. The molecule has 1 fully saturated rings. The average molecular weight is 1200 g/mol. The van der Waals surface area contributed by atoms with Crippen LogP contribution in [0.3, 0.4) is 0 Å². The topological polar surface area (TPSA) is 421 Å². The number of benzene rings is 2.